The van der Waals surface area contributed by atoms with Crippen molar-refractivity contribution in [3.05, 3.63) is 58.7 Å². The van der Waals surface area contributed by atoms with Crippen molar-refractivity contribution in [2.45, 2.75) is 20.1 Å². The second-order valence-electron chi connectivity index (χ2n) is 8.60. The number of nitrogens with zero attached hydrogens (tertiary/aromatic N) is 6. The Bertz CT molecular complexity index is 1370. The number of fused-ring (bicyclic) bond motifs is 1. The van der Waals surface area contributed by atoms with E-state index in [9.17, 15) is 9.90 Å². The maximum atomic E-state index is 11.9. The molecule has 192 valence electrons. The number of rotatable bonds is 8. The molecule has 1 fully saturated rings. The number of anilines is 2. The van der Waals surface area contributed by atoms with Crippen LogP contribution in [0.3, 0.4) is 0 Å². The fourth-order valence-corrected chi connectivity index (χ4v) is 5.23. The summed E-state index contributed by atoms with van der Waals surface area (Å²) in [7, 11) is 1.91. The van der Waals surface area contributed by atoms with Gasteiger partial charge in [-0.25, -0.2) is 24.7 Å². The Morgan fingerprint density at radius 2 is 1.89 bits per heavy atom. The average Bonchev–Trinajstić information content (AvgIpc) is 3.35. The Labute approximate surface area is 218 Å². The Hall–Kier alpha value is -3.67. The van der Waals surface area contributed by atoms with Crippen molar-refractivity contribution in [2.24, 2.45) is 0 Å². The summed E-state index contributed by atoms with van der Waals surface area (Å²) in [4.78, 5) is 35.7. The van der Waals surface area contributed by atoms with E-state index in [4.69, 9.17) is 19.4 Å². The van der Waals surface area contributed by atoms with Crippen LogP contribution in [0.5, 0.6) is 0 Å². The van der Waals surface area contributed by atoms with E-state index in [1.165, 1.54) is 12.4 Å². The van der Waals surface area contributed by atoms with Crippen LogP contribution in [0.2, 0.25) is 0 Å². The largest absolute Gasteiger partial charge is 0.462 e. The van der Waals surface area contributed by atoms with Crippen LogP contribution in [-0.4, -0.2) is 71.0 Å². The highest BCUT2D eigenvalue weighted by Crippen LogP contribution is 2.35. The summed E-state index contributed by atoms with van der Waals surface area (Å²) in [5.74, 6) is 1.63. The number of aliphatic hydroxyl groups is 1. The van der Waals surface area contributed by atoms with Crippen LogP contribution in [0, 0.1) is 0 Å². The van der Waals surface area contributed by atoms with Crippen molar-refractivity contribution in [3.63, 3.8) is 0 Å². The molecule has 0 saturated carbocycles. The lowest BCUT2D eigenvalue weighted by molar-refractivity contribution is 0.0525. The summed E-state index contributed by atoms with van der Waals surface area (Å²) >= 11 is 1.65. The molecule has 4 aromatic rings. The molecule has 0 unspecified atom stereocenters. The number of carbonyl (C=O) groups excluding carboxylic acids is 1. The van der Waals surface area contributed by atoms with Gasteiger partial charge in [-0.1, -0.05) is 24.3 Å². The molecule has 37 heavy (non-hydrogen) atoms. The van der Waals surface area contributed by atoms with Crippen molar-refractivity contribution >= 4 is 39.3 Å². The van der Waals surface area contributed by atoms with Crippen LogP contribution >= 0.6 is 11.3 Å². The number of hydrogen-bond donors (Lipinski definition) is 1. The van der Waals surface area contributed by atoms with Crippen LogP contribution in [0.15, 0.2) is 42.7 Å². The van der Waals surface area contributed by atoms with Gasteiger partial charge in [-0.05, 0) is 18.6 Å². The summed E-state index contributed by atoms with van der Waals surface area (Å²) in [5, 5.41) is 9.39. The van der Waals surface area contributed by atoms with Crippen LogP contribution in [0.1, 0.15) is 27.7 Å². The number of thiophene rings is 1. The number of aliphatic hydroxyl groups excluding tert-OH is 1. The highest BCUT2D eigenvalue weighted by Gasteiger charge is 2.21. The minimum atomic E-state index is -0.433. The molecule has 0 amide bonds. The summed E-state index contributed by atoms with van der Waals surface area (Å²) in [6.07, 6.45) is 2.97. The van der Waals surface area contributed by atoms with Gasteiger partial charge < -0.3 is 24.4 Å². The van der Waals surface area contributed by atoms with Gasteiger partial charge in [0.15, 0.2) is 11.6 Å². The minimum absolute atomic E-state index is 0.00409. The highest BCUT2D eigenvalue weighted by molar-refractivity contribution is 7.19. The topological polar surface area (TPSA) is 114 Å². The molecule has 1 aliphatic rings. The number of esters is 1. The molecule has 0 aliphatic carbocycles. The molecule has 0 atom stereocenters. The van der Waals surface area contributed by atoms with E-state index >= 15 is 0 Å². The molecule has 0 radical (unpaired) electrons. The summed E-state index contributed by atoms with van der Waals surface area (Å²) in [6.45, 7) is 5.48. The van der Waals surface area contributed by atoms with Gasteiger partial charge >= 0.3 is 5.97 Å². The van der Waals surface area contributed by atoms with Gasteiger partial charge in [0, 0.05) is 43.0 Å². The van der Waals surface area contributed by atoms with Gasteiger partial charge in [0.2, 0.25) is 5.95 Å². The van der Waals surface area contributed by atoms with Crippen molar-refractivity contribution in [2.75, 3.05) is 49.8 Å². The normalized spacial score (nSPS) is 13.6. The molecule has 1 aromatic carbocycles. The number of aromatic nitrogens is 4. The summed E-state index contributed by atoms with van der Waals surface area (Å²) in [5.41, 5.74) is 2.95. The van der Waals surface area contributed by atoms with Gasteiger partial charge in [-0.15, -0.1) is 11.3 Å². The maximum absolute atomic E-state index is 11.9. The van der Waals surface area contributed by atoms with E-state index in [-0.39, 0.29) is 6.61 Å². The first kappa shape index (κ1) is 25.0. The predicted octanol–water partition coefficient (Wildman–Crippen LogP) is 3.29. The number of morpholine rings is 1. The van der Waals surface area contributed by atoms with Crippen molar-refractivity contribution < 1.29 is 19.4 Å². The molecule has 4 heterocycles. The standard InChI is InChI=1S/C26H28N6O4S/c1-3-36-25(34)19-13-27-26(28-14-19)31(2)15-20-12-21-22(37-20)24(32-8-10-35-11-9-32)30-23(29-21)18-6-4-17(16-33)5-7-18/h4-7,12-14,33H,3,8-11,15-16H2,1-2H3. The second-order valence-corrected chi connectivity index (χ2v) is 9.74. The summed E-state index contributed by atoms with van der Waals surface area (Å²) in [6, 6.07) is 9.74. The fraction of sp³-hybridized carbons (Fsp3) is 0.346. The van der Waals surface area contributed by atoms with Gasteiger partial charge in [0.1, 0.15) is 0 Å². The van der Waals surface area contributed by atoms with E-state index in [0.717, 1.165) is 45.1 Å². The van der Waals surface area contributed by atoms with E-state index in [0.29, 0.717) is 43.7 Å². The van der Waals surface area contributed by atoms with Gasteiger partial charge in [0.05, 0.1) is 48.8 Å². The van der Waals surface area contributed by atoms with E-state index < -0.39 is 5.97 Å². The lowest BCUT2D eigenvalue weighted by Crippen LogP contribution is -2.36. The maximum Gasteiger partial charge on any atom is 0.341 e. The molecule has 10 nitrogen and oxygen atoms in total. The average molecular weight is 521 g/mol. The molecule has 1 saturated heterocycles. The Balaban J connectivity index is 1.45. The molecule has 0 spiro atoms. The smallest absolute Gasteiger partial charge is 0.341 e. The van der Waals surface area contributed by atoms with Crippen LogP contribution in [0.4, 0.5) is 11.8 Å². The predicted molar refractivity (Wildman–Crippen MR) is 142 cm³/mol. The zero-order valence-electron chi connectivity index (χ0n) is 20.8. The molecular weight excluding hydrogens is 492 g/mol. The van der Waals surface area contributed by atoms with Gasteiger partial charge in [-0.3, -0.25) is 0 Å². The second kappa shape index (κ2) is 11.2. The van der Waals surface area contributed by atoms with Crippen molar-refractivity contribution in [3.8, 4) is 11.4 Å². The lowest BCUT2D eigenvalue weighted by Gasteiger charge is -2.28. The molecule has 1 N–H and O–H groups in total. The number of benzene rings is 1. The summed E-state index contributed by atoms with van der Waals surface area (Å²) < 4.78 is 11.6. The van der Waals surface area contributed by atoms with E-state index in [1.807, 2.05) is 36.2 Å². The third-order valence-corrected chi connectivity index (χ3v) is 7.10. The van der Waals surface area contributed by atoms with Crippen molar-refractivity contribution in [1.82, 2.24) is 19.9 Å². The van der Waals surface area contributed by atoms with Gasteiger partial charge in [-0.2, -0.15) is 0 Å². The third-order valence-electron chi connectivity index (χ3n) is 5.99. The number of ether oxygens (including phenoxy) is 2. The molecule has 3 aromatic heterocycles. The Morgan fingerprint density at radius 1 is 1.16 bits per heavy atom. The van der Waals surface area contributed by atoms with Crippen LogP contribution < -0.4 is 9.80 Å². The first-order valence-electron chi connectivity index (χ1n) is 12.1. The monoisotopic (exact) mass is 520 g/mol. The lowest BCUT2D eigenvalue weighted by atomic mass is 10.1. The third kappa shape index (κ3) is 5.53. The van der Waals surface area contributed by atoms with E-state index in [2.05, 4.69) is 20.9 Å². The zero-order valence-corrected chi connectivity index (χ0v) is 21.6. The Morgan fingerprint density at radius 3 is 2.57 bits per heavy atom. The van der Waals surface area contributed by atoms with Crippen molar-refractivity contribution in [1.29, 1.82) is 0 Å². The molecule has 1 aliphatic heterocycles. The fourth-order valence-electron chi connectivity index (χ4n) is 4.06. The minimum Gasteiger partial charge on any atom is -0.462 e. The molecule has 0 bridgehead atoms. The van der Waals surface area contributed by atoms with Crippen LogP contribution in [-0.2, 0) is 22.6 Å². The zero-order chi connectivity index (χ0) is 25.8. The van der Waals surface area contributed by atoms with E-state index in [1.54, 1.807) is 18.3 Å². The SMILES string of the molecule is CCOC(=O)c1cnc(N(C)Cc2cc3nc(-c4ccc(CO)cc4)nc(N4CCOCC4)c3s2)nc1. The molecule has 11 heteroatoms. The molecular formula is C26H28N6O4S. The highest BCUT2D eigenvalue weighted by atomic mass is 32.1. The first-order chi connectivity index (χ1) is 18.1. The van der Waals surface area contributed by atoms with Gasteiger partial charge in [0.25, 0.3) is 0 Å². The number of carbonyl (C=O) groups is 1. The molecule has 5 rings (SSSR count). The first-order valence-corrected chi connectivity index (χ1v) is 12.9. The Kier molecular flexibility index (Phi) is 7.54. The van der Waals surface area contributed by atoms with Crippen LogP contribution in [0.25, 0.3) is 21.6 Å². The number of hydrogen-bond acceptors (Lipinski definition) is 11. The quantitative estimate of drug-likeness (QED) is 0.347.